The maximum atomic E-state index is 12.9. The molecule has 0 unspecified atom stereocenters. The number of rotatable bonds is 5. The van der Waals surface area contributed by atoms with Crippen LogP contribution in [0.1, 0.15) is 15.9 Å². The number of ether oxygens (including phenoxy) is 1. The third-order valence-corrected chi connectivity index (χ3v) is 5.82. The number of ketones is 1. The van der Waals surface area contributed by atoms with Gasteiger partial charge in [-0.2, -0.15) is 0 Å². The van der Waals surface area contributed by atoms with E-state index in [4.69, 9.17) is 16.3 Å². The molecule has 28 heavy (non-hydrogen) atoms. The lowest BCUT2D eigenvalue weighted by molar-refractivity contribution is -0.892. The molecule has 0 atom stereocenters. The van der Waals surface area contributed by atoms with E-state index in [1.807, 2.05) is 36.5 Å². The largest absolute Gasteiger partial charge is 0.497 e. The van der Waals surface area contributed by atoms with Crippen molar-refractivity contribution in [3.63, 3.8) is 0 Å². The minimum Gasteiger partial charge on any atom is -0.497 e. The number of Topliss-reactive ketones (excluding diaryl/α,β-unsaturated/α-hetero) is 1. The number of carbonyl (C=O) groups is 1. The third kappa shape index (κ3) is 3.73. The van der Waals surface area contributed by atoms with E-state index in [2.05, 4.69) is 22.9 Å². The first kappa shape index (κ1) is 18.8. The van der Waals surface area contributed by atoms with Gasteiger partial charge in [0.15, 0.2) is 0 Å². The number of aromatic amines is 1. The maximum absolute atomic E-state index is 12.9. The lowest BCUT2D eigenvalue weighted by Crippen LogP contribution is -3.15. The molecule has 2 aromatic carbocycles. The van der Waals surface area contributed by atoms with Crippen LogP contribution in [0.25, 0.3) is 10.9 Å². The number of hydrogen-bond acceptors (Lipinski definition) is 3. The molecule has 0 amide bonds. The topological polar surface area (TPSA) is 49.8 Å². The van der Waals surface area contributed by atoms with Crippen molar-refractivity contribution in [3.8, 4) is 5.75 Å². The summed E-state index contributed by atoms with van der Waals surface area (Å²) in [6.45, 7) is 6.33. The summed E-state index contributed by atoms with van der Waals surface area (Å²) in [7, 11) is 1.64. The fraction of sp³-hybridized carbons (Fsp3) is 0.318. The molecule has 0 bridgehead atoms. The summed E-state index contributed by atoms with van der Waals surface area (Å²) in [5.41, 5.74) is 4.13. The number of methoxy groups -OCH3 is 1. The van der Waals surface area contributed by atoms with E-state index in [9.17, 15) is 4.79 Å². The molecule has 6 heteroatoms. The van der Waals surface area contributed by atoms with E-state index in [1.54, 1.807) is 7.11 Å². The van der Waals surface area contributed by atoms with Crippen LogP contribution in [-0.2, 0) is 0 Å². The summed E-state index contributed by atoms with van der Waals surface area (Å²) in [6.07, 6.45) is 1.82. The number of fused-ring (bicyclic) bond motifs is 1. The predicted molar refractivity (Wildman–Crippen MR) is 113 cm³/mol. The van der Waals surface area contributed by atoms with E-state index in [0.717, 1.165) is 53.4 Å². The van der Waals surface area contributed by atoms with Gasteiger partial charge in [0.05, 0.1) is 33.3 Å². The lowest BCUT2D eigenvalue weighted by Gasteiger charge is -2.34. The molecule has 1 aromatic heterocycles. The molecule has 0 radical (unpaired) electrons. The van der Waals surface area contributed by atoms with Crippen LogP contribution in [0.4, 0.5) is 5.69 Å². The zero-order valence-corrected chi connectivity index (χ0v) is 17.0. The Bertz CT molecular complexity index is 1010. The van der Waals surface area contributed by atoms with Crippen LogP contribution >= 0.6 is 11.6 Å². The minimum atomic E-state index is 0.168. The van der Waals surface area contributed by atoms with Gasteiger partial charge in [0.25, 0.3) is 0 Å². The number of nitrogens with zero attached hydrogens (tertiary/aromatic N) is 1. The molecule has 2 heterocycles. The van der Waals surface area contributed by atoms with Crippen LogP contribution in [0, 0.1) is 6.92 Å². The summed E-state index contributed by atoms with van der Waals surface area (Å²) < 4.78 is 5.30. The Morgan fingerprint density at radius 2 is 2.00 bits per heavy atom. The Labute approximate surface area is 169 Å². The zero-order valence-electron chi connectivity index (χ0n) is 16.2. The van der Waals surface area contributed by atoms with Crippen molar-refractivity contribution < 1.29 is 14.4 Å². The van der Waals surface area contributed by atoms with Crippen LogP contribution in [0.15, 0.2) is 42.6 Å². The van der Waals surface area contributed by atoms with Crippen molar-refractivity contribution in [1.29, 1.82) is 0 Å². The first-order valence-electron chi connectivity index (χ1n) is 9.58. The molecule has 0 spiro atoms. The summed E-state index contributed by atoms with van der Waals surface area (Å²) in [4.78, 5) is 19.8. The van der Waals surface area contributed by atoms with Crippen molar-refractivity contribution in [2.24, 2.45) is 0 Å². The van der Waals surface area contributed by atoms with Crippen molar-refractivity contribution in [1.82, 2.24) is 4.98 Å². The van der Waals surface area contributed by atoms with Gasteiger partial charge < -0.3 is 19.5 Å². The number of carbonyl (C=O) groups excluding carboxylic acids is 1. The average molecular weight is 399 g/mol. The van der Waals surface area contributed by atoms with Gasteiger partial charge in [-0.1, -0.05) is 17.7 Å². The van der Waals surface area contributed by atoms with Gasteiger partial charge in [0.1, 0.15) is 12.3 Å². The van der Waals surface area contributed by atoms with Crippen LogP contribution in [-0.4, -0.2) is 50.6 Å². The van der Waals surface area contributed by atoms with Gasteiger partial charge in [-0.05, 0) is 42.8 Å². The highest BCUT2D eigenvalue weighted by atomic mass is 35.5. The quantitative estimate of drug-likeness (QED) is 0.650. The number of quaternary nitrogens is 1. The molecular formula is C22H25ClN3O2+. The number of nitrogens with one attached hydrogen (secondary N) is 2. The fourth-order valence-electron chi connectivity index (χ4n) is 3.94. The van der Waals surface area contributed by atoms with Gasteiger partial charge >= 0.3 is 0 Å². The average Bonchev–Trinajstić information content (AvgIpc) is 3.13. The molecule has 1 saturated heterocycles. The SMILES string of the molecule is COc1ccc2[nH]cc(C(=O)C[NH+]3CCN(c4cc(Cl)ccc4C)CC3)c2c1. The highest BCUT2D eigenvalue weighted by Crippen LogP contribution is 2.25. The van der Waals surface area contributed by atoms with Gasteiger partial charge in [-0.25, -0.2) is 0 Å². The van der Waals surface area contributed by atoms with Crippen molar-refractivity contribution in [2.75, 3.05) is 44.7 Å². The van der Waals surface area contributed by atoms with E-state index in [-0.39, 0.29) is 5.78 Å². The summed E-state index contributed by atoms with van der Waals surface area (Å²) in [5.74, 6) is 0.931. The number of aromatic nitrogens is 1. The minimum absolute atomic E-state index is 0.168. The van der Waals surface area contributed by atoms with Crippen molar-refractivity contribution in [2.45, 2.75) is 6.92 Å². The number of hydrogen-bond donors (Lipinski definition) is 2. The van der Waals surface area contributed by atoms with Crippen LogP contribution in [0.5, 0.6) is 5.75 Å². The van der Waals surface area contributed by atoms with Gasteiger partial charge in [0, 0.05) is 33.4 Å². The van der Waals surface area contributed by atoms with Crippen LogP contribution in [0.3, 0.4) is 0 Å². The maximum Gasteiger partial charge on any atom is 0.219 e. The molecule has 0 aliphatic carbocycles. The standard InChI is InChI=1S/C22H24ClN3O2/c1-15-3-4-16(23)11-21(15)26-9-7-25(8-10-26)14-22(27)19-13-24-20-6-5-17(28-2)12-18(19)20/h3-6,11-13,24H,7-10,14H2,1-2H3/p+1. The second kappa shape index (κ2) is 7.86. The Morgan fingerprint density at radius 3 is 2.75 bits per heavy atom. The number of halogens is 1. The van der Waals surface area contributed by atoms with Gasteiger partial charge in [-0.3, -0.25) is 4.79 Å². The molecule has 5 nitrogen and oxygen atoms in total. The number of H-pyrrole nitrogens is 1. The van der Waals surface area contributed by atoms with Gasteiger partial charge in [0.2, 0.25) is 5.78 Å². The Kier molecular flexibility index (Phi) is 5.29. The molecule has 4 rings (SSSR count). The first-order chi connectivity index (χ1) is 13.5. The molecular weight excluding hydrogens is 374 g/mol. The number of benzene rings is 2. The molecule has 146 valence electrons. The number of aryl methyl sites for hydroxylation is 1. The van der Waals surface area contributed by atoms with Crippen molar-refractivity contribution >= 4 is 34.0 Å². The second-order valence-electron chi connectivity index (χ2n) is 7.38. The molecule has 2 N–H and O–H groups in total. The molecule has 1 fully saturated rings. The van der Waals surface area contributed by atoms with Crippen LogP contribution < -0.4 is 14.5 Å². The lowest BCUT2D eigenvalue weighted by atomic mass is 10.1. The van der Waals surface area contributed by atoms with E-state index >= 15 is 0 Å². The first-order valence-corrected chi connectivity index (χ1v) is 9.96. The van der Waals surface area contributed by atoms with Gasteiger partial charge in [-0.15, -0.1) is 0 Å². The highest BCUT2D eigenvalue weighted by molar-refractivity contribution is 6.30. The monoisotopic (exact) mass is 398 g/mol. The molecule has 3 aromatic rings. The predicted octanol–water partition coefficient (Wildman–Crippen LogP) is 2.73. The Hall–Kier alpha value is -2.50. The molecule has 0 saturated carbocycles. The normalized spacial score (nSPS) is 15.2. The molecule has 1 aliphatic heterocycles. The van der Waals surface area contributed by atoms with Crippen molar-refractivity contribution in [3.05, 3.63) is 58.7 Å². The highest BCUT2D eigenvalue weighted by Gasteiger charge is 2.25. The summed E-state index contributed by atoms with van der Waals surface area (Å²) >= 11 is 6.17. The van der Waals surface area contributed by atoms with E-state index in [0.29, 0.717) is 6.54 Å². The summed E-state index contributed by atoms with van der Waals surface area (Å²) in [5, 5.41) is 1.69. The second-order valence-corrected chi connectivity index (χ2v) is 7.82. The Morgan fingerprint density at radius 1 is 1.21 bits per heavy atom. The van der Waals surface area contributed by atoms with E-state index in [1.165, 1.54) is 16.2 Å². The number of anilines is 1. The number of piperazine rings is 1. The summed E-state index contributed by atoms with van der Waals surface area (Å²) in [6, 6.07) is 11.8. The zero-order chi connectivity index (χ0) is 19.7. The molecule has 1 aliphatic rings. The smallest absolute Gasteiger partial charge is 0.219 e. The fourth-order valence-corrected chi connectivity index (χ4v) is 4.11. The van der Waals surface area contributed by atoms with Crippen LogP contribution in [0.2, 0.25) is 5.02 Å². The van der Waals surface area contributed by atoms with E-state index < -0.39 is 0 Å². The Balaban J connectivity index is 1.42. The third-order valence-electron chi connectivity index (χ3n) is 5.58.